The molecule has 90 valence electrons. The summed E-state index contributed by atoms with van der Waals surface area (Å²) in [6.45, 7) is 4.30. The van der Waals surface area contributed by atoms with Crippen LogP contribution >= 0.6 is 11.8 Å². The number of hydrogen-bond donors (Lipinski definition) is 1. The van der Waals surface area contributed by atoms with E-state index >= 15 is 0 Å². The van der Waals surface area contributed by atoms with Gasteiger partial charge in [0.25, 0.3) is 0 Å². The molecular weight excluding hydrogens is 218 g/mol. The van der Waals surface area contributed by atoms with Gasteiger partial charge < -0.3 is 9.73 Å². The molecule has 1 aromatic rings. The van der Waals surface area contributed by atoms with E-state index in [1.807, 2.05) is 0 Å². The zero-order valence-electron chi connectivity index (χ0n) is 10.2. The smallest absolute Gasteiger partial charge is 0.118 e. The van der Waals surface area contributed by atoms with Crippen LogP contribution in [0, 0.1) is 5.41 Å². The van der Waals surface area contributed by atoms with E-state index in [4.69, 9.17) is 4.42 Å². The molecule has 1 aromatic heterocycles. The van der Waals surface area contributed by atoms with Crippen LogP contribution in [0.4, 0.5) is 0 Å². The molecule has 2 rings (SSSR count). The maximum absolute atomic E-state index is 5.71. The first kappa shape index (κ1) is 12.1. The highest BCUT2D eigenvalue weighted by Gasteiger charge is 2.39. The highest BCUT2D eigenvalue weighted by Crippen LogP contribution is 2.47. The van der Waals surface area contributed by atoms with Crippen LogP contribution < -0.4 is 5.32 Å². The summed E-state index contributed by atoms with van der Waals surface area (Å²) in [7, 11) is 0. The van der Waals surface area contributed by atoms with E-state index in [-0.39, 0.29) is 0 Å². The molecule has 0 saturated heterocycles. The molecule has 1 fully saturated rings. The molecule has 0 aliphatic heterocycles. The Morgan fingerprint density at radius 1 is 1.38 bits per heavy atom. The summed E-state index contributed by atoms with van der Waals surface area (Å²) in [5, 5.41) is 3.51. The first-order chi connectivity index (χ1) is 7.78. The summed E-state index contributed by atoms with van der Waals surface area (Å²) in [6.07, 6.45) is 6.19. The van der Waals surface area contributed by atoms with E-state index in [0.29, 0.717) is 5.41 Å². The quantitative estimate of drug-likeness (QED) is 0.789. The van der Waals surface area contributed by atoms with Gasteiger partial charge in [0.2, 0.25) is 0 Å². The number of nitrogens with one attached hydrogen (secondary N) is 1. The maximum atomic E-state index is 5.71. The third kappa shape index (κ3) is 3.05. The van der Waals surface area contributed by atoms with Gasteiger partial charge in [-0.25, -0.2) is 0 Å². The number of rotatable bonds is 7. The van der Waals surface area contributed by atoms with Crippen LogP contribution in [-0.4, -0.2) is 12.8 Å². The van der Waals surface area contributed by atoms with Crippen molar-refractivity contribution >= 4 is 11.8 Å². The maximum Gasteiger partial charge on any atom is 0.118 e. The van der Waals surface area contributed by atoms with Crippen LogP contribution in [0.15, 0.2) is 16.5 Å². The predicted molar refractivity (Wildman–Crippen MR) is 69.6 cm³/mol. The highest BCUT2D eigenvalue weighted by molar-refractivity contribution is 7.97. The van der Waals surface area contributed by atoms with Crippen molar-refractivity contribution in [1.82, 2.24) is 5.32 Å². The lowest BCUT2D eigenvalue weighted by molar-refractivity contribution is 0.410. The second-order valence-electron chi connectivity index (χ2n) is 4.76. The van der Waals surface area contributed by atoms with Crippen molar-refractivity contribution in [3.8, 4) is 0 Å². The Morgan fingerprint density at radius 3 is 2.75 bits per heavy atom. The summed E-state index contributed by atoms with van der Waals surface area (Å²) in [4.78, 5) is 0. The standard InChI is InChI=1S/C13H21NOS/c1-3-13(6-7-13)10-14-8-11-4-5-12(15-11)9-16-2/h4-5,14H,3,6-10H2,1-2H3. The molecule has 0 amide bonds. The van der Waals surface area contributed by atoms with Crippen molar-refractivity contribution in [2.24, 2.45) is 5.41 Å². The van der Waals surface area contributed by atoms with Gasteiger partial charge in [0, 0.05) is 6.54 Å². The van der Waals surface area contributed by atoms with Crippen molar-refractivity contribution in [1.29, 1.82) is 0 Å². The molecule has 0 unspecified atom stereocenters. The van der Waals surface area contributed by atoms with Crippen LogP contribution in [0.1, 0.15) is 37.7 Å². The average Bonchev–Trinajstić information content (AvgIpc) is 2.94. The summed E-state index contributed by atoms with van der Waals surface area (Å²) in [5.41, 5.74) is 0.620. The molecule has 2 nitrogen and oxygen atoms in total. The SMILES string of the molecule is CCC1(CNCc2ccc(CSC)o2)CC1. The first-order valence-corrected chi connectivity index (χ1v) is 7.45. The van der Waals surface area contributed by atoms with E-state index in [0.717, 1.165) is 30.4 Å². The molecule has 0 atom stereocenters. The molecule has 1 aliphatic rings. The van der Waals surface area contributed by atoms with Crippen LogP contribution in [0.25, 0.3) is 0 Å². The van der Waals surface area contributed by atoms with Crippen molar-refractivity contribution < 1.29 is 4.42 Å². The second-order valence-corrected chi connectivity index (χ2v) is 5.62. The summed E-state index contributed by atoms with van der Waals surface area (Å²) < 4.78 is 5.71. The van der Waals surface area contributed by atoms with Gasteiger partial charge in [0.1, 0.15) is 11.5 Å². The average molecular weight is 239 g/mol. The second kappa shape index (κ2) is 5.28. The molecule has 0 radical (unpaired) electrons. The van der Waals surface area contributed by atoms with E-state index in [1.165, 1.54) is 19.3 Å². The molecule has 1 aliphatic carbocycles. The van der Waals surface area contributed by atoms with E-state index in [9.17, 15) is 0 Å². The molecule has 1 N–H and O–H groups in total. The lowest BCUT2D eigenvalue weighted by atomic mass is 10.0. The van der Waals surface area contributed by atoms with Crippen molar-refractivity contribution in [3.05, 3.63) is 23.7 Å². The van der Waals surface area contributed by atoms with Crippen LogP contribution in [0.3, 0.4) is 0 Å². The minimum atomic E-state index is 0.620. The third-order valence-electron chi connectivity index (χ3n) is 3.51. The van der Waals surface area contributed by atoms with Crippen molar-refractivity contribution in [2.45, 2.75) is 38.5 Å². The minimum absolute atomic E-state index is 0.620. The fourth-order valence-electron chi connectivity index (χ4n) is 2.02. The molecule has 0 spiro atoms. The van der Waals surface area contributed by atoms with Gasteiger partial charge in [0.05, 0.1) is 12.3 Å². The Morgan fingerprint density at radius 2 is 2.12 bits per heavy atom. The first-order valence-electron chi connectivity index (χ1n) is 6.05. The molecular formula is C13H21NOS. The molecule has 0 aromatic carbocycles. The molecule has 0 bridgehead atoms. The number of furan rings is 1. The van der Waals surface area contributed by atoms with E-state index in [1.54, 1.807) is 11.8 Å². The van der Waals surface area contributed by atoms with Gasteiger partial charge in [-0.1, -0.05) is 6.92 Å². The predicted octanol–water partition coefficient (Wildman–Crippen LogP) is 3.42. The van der Waals surface area contributed by atoms with Gasteiger partial charge in [-0.3, -0.25) is 0 Å². The summed E-state index contributed by atoms with van der Waals surface area (Å²) in [5.74, 6) is 3.12. The van der Waals surface area contributed by atoms with Crippen LogP contribution in [0.2, 0.25) is 0 Å². The molecule has 16 heavy (non-hydrogen) atoms. The van der Waals surface area contributed by atoms with Gasteiger partial charge in [-0.15, -0.1) is 0 Å². The largest absolute Gasteiger partial charge is 0.464 e. The van der Waals surface area contributed by atoms with Crippen molar-refractivity contribution in [3.63, 3.8) is 0 Å². The lowest BCUT2D eigenvalue weighted by Crippen LogP contribution is -2.22. The summed E-state index contributed by atoms with van der Waals surface area (Å²) >= 11 is 1.80. The molecule has 3 heteroatoms. The number of thioether (sulfide) groups is 1. The van der Waals surface area contributed by atoms with Gasteiger partial charge in [-0.2, -0.15) is 11.8 Å². The Kier molecular flexibility index (Phi) is 3.98. The fourth-order valence-corrected chi connectivity index (χ4v) is 2.46. The lowest BCUT2D eigenvalue weighted by Gasteiger charge is -2.12. The van der Waals surface area contributed by atoms with E-state index in [2.05, 4.69) is 30.6 Å². The van der Waals surface area contributed by atoms with E-state index < -0.39 is 0 Å². The molecule has 1 saturated carbocycles. The topological polar surface area (TPSA) is 25.2 Å². The Bertz CT molecular complexity index is 330. The molecule has 1 heterocycles. The van der Waals surface area contributed by atoms with Crippen LogP contribution in [0.5, 0.6) is 0 Å². The van der Waals surface area contributed by atoms with Gasteiger partial charge >= 0.3 is 0 Å². The fraction of sp³-hybridized carbons (Fsp3) is 0.692. The zero-order valence-corrected chi connectivity index (χ0v) is 11.0. The van der Waals surface area contributed by atoms with Gasteiger partial charge in [-0.05, 0) is 43.1 Å². The highest BCUT2D eigenvalue weighted by atomic mass is 32.2. The normalized spacial score (nSPS) is 17.6. The number of hydrogen-bond acceptors (Lipinski definition) is 3. The minimum Gasteiger partial charge on any atom is -0.464 e. The Balaban J connectivity index is 1.72. The monoisotopic (exact) mass is 239 g/mol. The summed E-state index contributed by atoms with van der Waals surface area (Å²) in [6, 6.07) is 4.17. The Hall–Kier alpha value is -0.410. The van der Waals surface area contributed by atoms with Gasteiger partial charge in [0.15, 0.2) is 0 Å². The Labute approximate surface area is 102 Å². The van der Waals surface area contributed by atoms with Crippen molar-refractivity contribution in [2.75, 3.05) is 12.8 Å². The zero-order chi connectivity index (χ0) is 11.4. The van der Waals surface area contributed by atoms with Crippen LogP contribution in [-0.2, 0) is 12.3 Å². The third-order valence-corrected chi connectivity index (χ3v) is 4.08.